The summed E-state index contributed by atoms with van der Waals surface area (Å²) in [5, 5.41) is 13.2. The number of carboxylic acids is 1. The van der Waals surface area contributed by atoms with Crippen molar-refractivity contribution in [1.82, 2.24) is 5.32 Å². The van der Waals surface area contributed by atoms with Gasteiger partial charge in [0.15, 0.2) is 8.32 Å². The molecule has 0 aromatic heterocycles. The second-order valence-electron chi connectivity index (χ2n) is 8.81. The number of nitrogens with two attached hydrogens (primary N) is 2. The summed E-state index contributed by atoms with van der Waals surface area (Å²) in [4.78, 5) is 22.3. The van der Waals surface area contributed by atoms with E-state index in [9.17, 15) is 14.7 Å². The third-order valence-electron chi connectivity index (χ3n) is 5.66. The zero-order valence-corrected chi connectivity index (χ0v) is 20.7. The number of β-lactam (4-membered cyclic amide) rings is 1. The Balaban J connectivity index is 0.000000621. The number of carbonyl (C=O) groups excluding carboxylic acids is 2. The van der Waals surface area contributed by atoms with Gasteiger partial charge in [-0.1, -0.05) is 40.0 Å². The van der Waals surface area contributed by atoms with E-state index in [-0.39, 0.29) is 10.9 Å². The normalized spacial score (nSPS) is 24.3. The summed E-state index contributed by atoms with van der Waals surface area (Å²) in [6, 6.07) is -0.383. The number of hydrogen-bond donors (Lipinski definition) is 3. The molecule has 2 aliphatic rings. The summed E-state index contributed by atoms with van der Waals surface area (Å²) >= 11 is 1.64. The van der Waals surface area contributed by atoms with Crippen molar-refractivity contribution in [3.05, 3.63) is 0 Å². The molecular formula is C18H37N3O4PtSi. The van der Waals surface area contributed by atoms with Crippen LogP contribution in [0.3, 0.4) is 0 Å². The Morgan fingerprint density at radius 3 is 2.04 bits per heavy atom. The van der Waals surface area contributed by atoms with Gasteiger partial charge in [-0.15, -0.1) is 0 Å². The molecule has 5 N–H and O–H groups in total. The van der Waals surface area contributed by atoms with E-state index in [0.29, 0.717) is 6.04 Å². The van der Waals surface area contributed by atoms with Crippen LogP contribution in [-0.2, 0) is 34.1 Å². The molecule has 27 heavy (non-hydrogen) atoms. The fraction of sp³-hybridized carbons (Fsp3) is 0.889. The monoisotopic (exact) mass is 582 g/mol. The van der Waals surface area contributed by atoms with Gasteiger partial charge in [0.1, 0.15) is 0 Å². The van der Waals surface area contributed by atoms with Crippen molar-refractivity contribution >= 4 is 20.2 Å². The Morgan fingerprint density at radius 2 is 1.74 bits per heavy atom. The molecule has 0 aromatic rings. The average Bonchev–Trinajstić information content (AvgIpc) is 2.53. The molecule has 0 aromatic carbocycles. The fourth-order valence-corrected chi connectivity index (χ4v) is 4.36. The molecule has 0 bridgehead atoms. The second-order valence-corrected chi connectivity index (χ2v) is 13.6. The second kappa shape index (κ2) is 11.7. The quantitative estimate of drug-likeness (QED) is 0.334. The number of nitrogens with one attached hydrogen (secondary N) is 1. The first kappa shape index (κ1) is 26.7. The van der Waals surface area contributed by atoms with E-state index in [0.717, 1.165) is 0 Å². The standard InChI is InChI=1S/C12H23NO4Si.C6H13N.H2N.Pt/c1-7(17-18(5,6)12(2,3)4)8-9(11(15)16)13-10(8)14;7-6-4-2-1-3-5-6;;/h7-9H,1-6H3,(H,13,14)(H,15,16);6H,1-5,7H2;1H2;/q;;-1;+2/p-1. The van der Waals surface area contributed by atoms with Crippen LogP contribution < -0.4 is 20.4 Å². The van der Waals surface area contributed by atoms with Crippen molar-refractivity contribution in [3.63, 3.8) is 0 Å². The first-order valence-electron chi connectivity index (χ1n) is 9.49. The van der Waals surface area contributed by atoms with E-state index in [2.05, 4.69) is 43.5 Å². The molecule has 3 unspecified atom stereocenters. The number of rotatable bonds is 4. The van der Waals surface area contributed by atoms with Crippen molar-refractivity contribution in [2.45, 2.75) is 96.1 Å². The van der Waals surface area contributed by atoms with Crippen LogP contribution in [-0.4, -0.2) is 38.4 Å². The molecule has 0 radical (unpaired) electrons. The third kappa shape index (κ3) is 8.32. The molecule has 1 saturated carbocycles. The van der Waals surface area contributed by atoms with Crippen LogP contribution in [0, 0.1) is 5.92 Å². The Morgan fingerprint density at radius 1 is 1.26 bits per heavy atom. The van der Waals surface area contributed by atoms with E-state index in [1.165, 1.54) is 32.1 Å². The molecule has 0 spiro atoms. The Bertz CT molecular complexity index is 480. The maximum absolute atomic E-state index is 11.5. The zero-order chi connectivity index (χ0) is 21.4. The minimum atomic E-state index is -2.00. The number of carbonyl (C=O) groups is 2. The van der Waals surface area contributed by atoms with E-state index >= 15 is 0 Å². The van der Waals surface area contributed by atoms with Crippen molar-refractivity contribution in [1.29, 1.82) is 0 Å². The molecule has 2 rings (SSSR count). The minimum absolute atomic E-state index is 0.0262. The van der Waals surface area contributed by atoms with Gasteiger partial charge in [-0.25, -0.2) is 0 Å². The van der Waals surface area contributed by atoms with Crippen LogP contribution in [0.15, 0.2) is 0 Å². The zero-order valence-electron chi connectivity index (χ0n) is 17.4. The van der Waals surface area contributed by atoms with Gasteiger partial charge < -0.3 is 25.4 Å². The SMILES string of the molecule is CC(O[Si](C)(C)C(C)(C)C)C1C(=O)NC1C(=O)[O-].NC1CCCCC1.[NH2][Pt+]. The van der Waals surface area contributed by atoms with Crippen molar-refractivity contribution in [3.8, 4) is 0 Å². The molecule has 2 fully saturated rings. The Labute approximate surface area is 176 Å². The summed E-state index contributed by atoms with van der Waals surface area (Å²) in [7, 11) is -2.00. The van der Waals surface area contributed by atoms with Gasteiger partial charge in [0.05, 0.1) is 24.0 Å². The third-order valence-corrected chi connectivity index (χ3v) is 10.2. The maximum atomic E-state index is 11.5. The average molecular weight is 583 g/mol. The van der Waals surface area contributed by atoms with Crippen LogP contribution in [0.1, 0.15) is 59.8 Å². The molecule has 162 valence electrons. The molecule has 1 amide bonds. The van der Waals surface area contributed by atoms with Gasteiger partial charge in [-0.05, 0) is 37.9 Å². The first-order chi connectivity index (χ1) is 12.4. The molecule has 7 nitrogen and oxygen atoms in total. The Hall–Kier alpha value is -0.275. The summed E-state index contributed by atoms with van der Waals surface area (Å²) < 4.78 is 10.5. The van der Waals surface area contributed by atoms with Crippen LogP contribution in [0.2, 0.25) is 18.1 Å². The van der Waals surface area contributed by atoms with E-state index in [1.54, 1.807) is 27.0 Å². The molecule has 1 saturated heterocycles. The predicted molar refractivity (Wildman–Crippen MR) is 103 cm³/mol. The van der Waals surface area contributed by atoms with Gasteiger partial charge in [0.2, 0.25) is 5.91 Å². The summed E-state index contributed by atoms with van der Waals surface area (Å²) in [6.45, 7) is 12.2. The molecule has 9 heteroatoms. The summed E-state index contributed by atoms with van der Waals surface area (Å²) in [5.74, 6) is -2.15. The Kier molecular flexibility index (Phi) is 11.5. The van der Waals surface area contributed by atoms with Crippen molar-refractivity contribution in [2.24, 2.45) is 15.9 Å². The van der Waals surface area contributed by atoms with Crippen molar-refractivity contribution < 1.29 is 39.2 Å². The topological polar surface area (TPSA) is 130 Å². The first-order valence-corrected chi connectivity index (χ1v) is 13.7. The van der Waals surface area contributed by atoms with Crippen LogP contribution >= 0.6 is 0 Å². The van der Waals surface area contributed by atoms with Gasteiger partial charge in [-0.2, -0.15) is 0 Å². The summed E-state index contributed by atoms with van der Waals surface area (Å²) in [6.07, 6.45) is 6.26. The van der Waals surface area contributed by atoms with E-state index < -0.39 is 32.4 Å². The van der Waals surface area contributed by atoms with Crippen molar-refractivity contribution in [2.75, 3.05) is 0 Å². The number of aliphatic carboxylic acids is 1. The van der Waals surface area contributed by atoms with Gasteiger partial charge in [0.25, 0.3) is 0 Å². The predicted octanol–water partition coefficient (Wildman–Crippen LogP) is 0.946. The molecule has 1 aliphatic heterocycles. The van der Waals surface area contributed by atoms with Crippen LogP contribution in [0.5, 0.6) is 0 Å². The summed E-state index contributed by atoms with van der Waals surface area (Å²) in [5.41, 5.74) is 5.63. The van der Waals surface area contributed by atoms with Gasteiger partial charge in [-0.3, -0.25) is 4.79 Å². The van der Waals surface area contributed by atoms with Gasteiger partial charge in [0, 0.05) is 6.04 Å². The number of hydrogen-bond acceptors (Lipinski definition) is 6. The molecule has 3 atom stereocenters. The van der Waals surface area contributed by atoms with E-state index in [4.69, 9.17) is 10.2 Å². The molecular weight excluding hydrogens is 545 g/mol. The number of amides is 1. The molecule has 1 aliphatic carbocycles. The molecule has 1 heterocycles. The van der Waals surface area contributed by atoms with Crippen LogP contribution in [0.25, 0.3) is 0 Å². The van der Waals surface area contributed by atoms with Gasteiger partial charge >= 0.3 is 24.4 Å². The number of carboxylic acid groups (broad SMARTS) is 1. The fourth-order valence-electron chi connectivity index (χ4n) is 2.93. The van der Waals surface area contributed by atoms with E-state index in [1.807, 2.05) is 0 Å². The van der Waals surface area contributed by atoms with Crippen LogP contribution in [0.4, 0.5) is 0 Å².